The Kier molecular flexibility index (Phi) is 2.96. The third-order valence-electron chi connectivity index (χ3n) is 3.91. The quantitative estimate of drug-likeness (QED) is 0.786. The molecule has 0 saturated carbocycles. The lowest BCUT2D eigenvalue weighted by atomic mass is 10.1. The number of rotatable bonds is 1. The Bertz CT molecular complexity index is 537. The number of benzene rings is 1. The number of hydrogen-bond donors (Lipinski definition) is 2. The van der Waals surface area contributed by atoms with E-state index in [0.29, 0.717) is 12.1 Å². The molecule has 0 aliphatic carbocycles. The maximum atomic E-state index is 9.67. The fraction of sp³-hybridized carbons (Fsp3) is 0.500. The van der Waals surface area contributed by atoms with Gasteiger partial charge in [0.25, 0.3) is 0 Å². The minimum atomic E-state index is -0.279. The highest BCUT2D eigenvalue weighted by Gasteiger charge is 2.25. The molecule has 5 nitrogen and oxygen atoms in total. The van der Waals surface area contributed by atoms with Crippen molar-refractivity contribution in [1.82, 2.24) is 0 Å². The number of nitrogens with one attached hydrogen (secondary N) is 1. The molecule has 0 aromatic heterocycles. The topological polar surface area (TPSA) is 62.5 Å². The van der Waals surface area contributed by atoms with Crippen LogP contribution in [-0.4, -0.2) is 44.4 Å². The standard InChI is InChI=1S/C14H18N4O/c1-17-5-3-16-12-6-10(8-15)13(7-14(12)17)18-4-2-11(19)9-18/h6-7,11,16,19H,2-5,9H2,1H3. The third kappa shape index (κ3) is 2.08. The van der Waals surface area contributed by atoms with Gasteiger partial charge in [0, 0.05) is 33.2 Å². The van der Waals surface area contributed by atoms with Gasteiger partial charge in [-0.25, -0.2) is 0 Å². The molecule has 1 aromatic carbocycles. The molecule has 1 saturated heterocycles. The van der Waals surface area contributed by atoms with Gasteiger partial charge in [-0.1, -0.05) is 0 Å². The van der Waals surface area contributed by atoms with Gasteiger partial charge in [-0.15, -0.1) is 0 Å². The summed E-state index contributed by atoms with van der Waals surface area (Å²) in [5.74, 6) is 0. The molecule has 0 bridgehead atoms. The Labute approximate surface area is 113 Å². The molecule has 1 unspecified atom stereocenters. The molecular formula is C14H18N4O. The van der Waals surface area contributed by atoms with Crippen LogP contribution < -0.4 is 15.1 Å². The van der Waals surface area contributed by atoms with Crippen molar-refractivity contribution in [3.8, 4) is 6.07 Å². The predicted molar refractivity (Wildman–Crippen MR) is 75.8 cm³/mol. The highest BCUT2D eigenvalue weighted by molar-refractivity contribution is 5.80. The van der Waals surface area contributed by atoms with E-state index in [4.69, 9.17) is 0 Å². The molecule has 2 aliphatic heterocycles. The first-order chi connectivity index (χ1) is 9.19. The molecule has 0 amide bonds. The second-order valence-electron chi connectivity index (χ2n) is 5.24. The molecule has 19 heavy (non-hydrogen) atoms. The fourth-order valence-corrected chi connectivity index (χ4v) is 2.83. The zero-order valence-corrected chi connectivity index (χ0v) is 11.1. The maximum Gasteiger partial charge on any atom is 0.101 e. The average Bonchev–Trinajstić information content (AvgIpc) is 2.84. The van der Waals surface area contributed by atoms with Gasteiger partial charge in [-0.2, -0.15) is 5.26 Å². The van der Waals surface area contributed by atoms with E-state index in [-0.39, 0.29) is 6.10 Å². The van der Waals surface area contributed by atoms with Crippen LogP contribution in [0.1, 0.15) is 12.0 Å². The number of aliphatic hydroxyl groups is 1. The van der Waals surface area contributed by atoms with Gasteiger partial charge in [0.2, 0.25) is 0 Å². The van der Waals surface area contributed by atoms with Crippen LogP contribution in [0, 0.1) is 11.3 Å². The van der Waals surface area contributed by atoms with E-state index in [1.165, 1.54) is 0 Å². The minimum Gasteiger partial charge on any atom is -0.391 e. The first-order valence-electron chi connectivity index (χ1n) is 6.65. The summed E-state index contributed by atoms with van der Waals surface area (Å²) in [7, 11) is 2.06. The van der Waals surface area contributed by atoms with Crippen molar-refractivity contribution >= 4 is 17.1 Å². The van der Waals surface area contributed by atoms with Gasteiger partial charge in [-0.05, 0) is 18.6 Å². The Morgan fingerprint density at radius 3 is 2.89 bits per heavy atom. The lowest BCUT2D eigenvalue weighted by Gasteiger charge is -2.31. The van der Waals surface area contributed by atoms with E-state index in [1.807, 2.05) is 6.07 Å². The van der Waals surface area contributed by atoms with Crippen LogP contribution in [0.4, 0.5) is 17.1 Å². The van der Waals surface area contributed by atoms with Crippen LogP contribution in [0.25, 0.3) is 0 Å². The predicted octanol–water partition coefficient (Wildman–Crippen LogP) is 0.991. The molecule has 0 spiro atoms. The summed E-state index contributed by atoms with van der Waals surface area (Å²) >= 11 is 0. The molecule has 2 aliphatic rings. The number of nitriles is 1. The summed E-state index contributed by atoms with van der Waals surface area (Å²) in [6.45, 7) is 3.29. The molecule has 3 rings (SSSR count). The molecule has 1 atom stereocenters. The number of anilines is 3. The first kappa shape index (κ1) is 12.1. The van der Waals surface area contributed by atoms with Gasteiger partial charge in [0.1, 0.15) is 6.07 Å². The van der Waals surface area contributed by atoms with Gasteiger partial charge in [0.15, 0.2) is 0 Å². The van der Waals surface area contributed by atoms with Crippen LogP contribution in [0.5, 0.6) is 0 Å². The average molecular weight is 258 g/mol. The number of fused-ring (bicyclic) bond motifs is 1. The second kappa shape index (κ2) is 4.63. The van der Waals surface area contributed by atoms with Gasteiger partial charge in [0.05, 0.1) is 28.7 Å². The van der Waals surface area contributed by atoms with Crippen molar-refractivity contribution in [1.29, 1.82) is 5.26 Å². The minimum absolute atomic E-state index is 0.279. The summed E-state index contributed by atoms with van der Waals surface area (Å²) < 4.78 is 0. The molecule has 0 radical (unpaired) electrons. The Morgan fingerprint density at radius 2 is 2.21 bits per heavy atom. The van der Waals surface area contributed by atoms with Crippen molar-refractivity contribution in [3.63, 3.8) is 0 Å². The largest absolute Gasteiger partial charge is 0.391 e. The lowest BCUT2D eigenvalue weighted by molar-refractivity contribution is 0.198. The smallest absolute Gasteiger partial charge is 0.101 e. The molecule has 1 aromatic rings. The number of aliphatic hydroxyl groups excluding tert-OH is 1. The molecule has 5 heteroatoms. The summed E-state index contributed by atoms with van der Waals surface area (Å²) in [4.78, 5) is 4.30. The molecule has 100 valence electrons. The summed E-state index contributed by atoms with van der Waals surface area (Å²) in [6.07, 6.45) is 0.495. The number of likely N-dealkylation sites (N-methyl/N-ethyl adjacent to an activating group) is 1. The van der Waals surface area contributed by atoms with Gasteiger partial charge >= 0.3 is 0 Å². The summed E-state index contributed by atoms with van der Waals surface area (Å²) in [5.41, 5.74) is 3.76. The Morgan fingerprint density at radius 1 is 1.37 bits per heavy atom. The number of β-amino-alcohol motifs (C(OH)–C–C–N with tert-alkyl or cyclic N) is 1. The van der Waals surface area contributed by atoms with Gasteiger partial charge in [-0.3, -0.25) is 0 Å². The van der Waals surface area contributed by atoms with Crippen LogP contribution in [0.2, 0.25) is 0 Å². The van der Waals surface area contributed by atoms with Crippen LogP contribution in [0.15, 0.2) is 12.1 Å². The van der Waals surface area contributed by atoms with Crippen molar-refractivity contribution < 1.29 is 5.11 Å². The van der Waals surface area contributed by atoms with E-state index in [9.17, 15) is 10.4 Å². The van der Waals surface area contributed by atoms with Crippen molar-refractivity contribution in [3.05, 3.63) is 17.7 Å². The molecule has 1 fully saturated rings. The maximum absolute atomic E-state index is 9.67. The van der Waals surface area contributed by atoms with E-state index >= 15 is 0 Å². The number of nitrogens with zero attached hydrogens (tertiary/aromatic N) is 3. The first-order valence-corrected chi connectivity index (χ1v) is 6.65. The zero-order chi connectivity index (χ0) is 13.4. The highest BCUT2D eigenvalue weighted by Crippen LogP contribution is 2.36. The lowest BCUT2D eigenvalue weighted by Crippen LogP contribution is -2.31. The SMILES string of the molecule is CN1CCNc2cc(C#N)c(N3CCC(O)C3)cc21. The number of hydrogen-bond acceptors (Lipinski definition) is 5. The van der Waals surface area contributed by atoms with Crippen molar-refractivity contribution in [2.45, 2.75) is 12.5 Å². The van der Waals surface area contributed by atoms with Crippen molar-refractivity contribution in [2.24, 2.45) is 0 Å². The van der Waals surface area contributed by atoms with E-state index in [2.05, 4.69) is 34.3 Å². The molecule has 2 N–H and O–H groups in total. The highest BCUT2D eigenvalue weighted by atomic mass is 16.3. The fourth-order valence-electron chi connectivity index (χ4n) is 2.83. The summed E-state index contributed by atoms with van der Waals surface area (Å²) in [5, 5.41) is 22.3. The molecule has 2 heterocycles. The van der Waals surface area contributed by atoms with Crippen molar-refractivity contribution in [2.75, 3.05) is 48.3 Å². The van der Waals surface area contributed by atoms with Crippen LogP contribution in [0.3, 0.4) is 0 Å². The van der Waals surface area contributed by atoms with Crippen LogP contribution >= 0.6 is 0 Å². The van der Waals surface area contributed by atoms with E-state index in [1.54, 1.807) is 0 Å². The Hall–Kier alpha value is -1.93. The molecular weight excluding hydrogens is 240 g/mol. The third-order valence-corrected chi connectivity index (χ3v) is 3.91. The van der Waals surface area contributed by atoms with E-state index < -0.39 is 0 Å². The van der Waals surface area contributed by atoms with Crippen LogP contribution in [-0.2, 0) is 0 Å². The zero-order valence-electron chi connectivity index (χ0n) is 11.1. The summed E-state index contributed by atoms with van der Waals surface area (Å²) in [6, 6.07) is 6.26. The monoisotopic (exact) mass is 258 g/mol. The normalized spacial score (nSPS) is 21.8. The Balaban J connectivity index is 2.03. The second-order valence-corrected chi connectivity index (χ2v) is 5.24. The van der Waals surface area contributed by atoms with Gasteiger partial charge < -0.3 is 20.2 Å². The van der Waals surface area contributed by atoms with E-state index in [0.717, 1.165) is 43.1 Å².